The first-order valence-electron chi connectivity index (χ1n) is 5.76. The molecular weight excluding hydrogens is 274 g/mol. The minimum Gasteiger partial charge on any atom is -0.366 e. The Morgan fingerprint density at radius 2 is 1.75 bits per heavy atom. The highest BCUT2D eigenvalue weighted by molar-refractivity contribution is 5.38. The molecule has 0 amide bonds. The molecule has 0 radical (unpaired) electrons. The predicted molar refractivity (Wildman–Crippen MR) is 65.5 cm³/mol. The van der Waals surface area contributed by atoms with Gasteiger partial charge in [-0.15, -0.1) is 0 Å². The number of nitrogens with zero attached hydrogens (tertiary/aromatic N) is 2. The third-order valence-electron chi connectivity index (χ3n) is 2.52. The number of halogens is 4. The van der Waals surface area contributed by atoms with Gasteiger partial charge in [0.2, 0.25) is 0 Å². The Bertz CT molecular complexity index is 594. The second-order valence-electron chi connectivity index (χ2n) is 4.16. The molecule has 3 nitrogen and oxygen atoms in total. The predicted octanol–water partition coefficient (Wildman–Crippen LogP) is 3.56. The lowest BCUT2D eigenvalue weighted by Crippen LogP contribution is -2.12. The SMILES string of the molecule is Cc1nc(NCc2ccc(F)cc2)cc(C(F)(F)F)n1. The van der Waals surface area contributed by atoms with Gasteiger partial charge >= 0.3 is 6.18 Å². The molecule has 2 aromatic rings. The Morgan fingerprint density at radius 1 is 1.10 bits per heavy atom. The molecule has 20 heavy (non-hydrogen) atoms. The lowest BCUT2D eigenvalue weighted by Gasteiger charge is -2.10. The van der Waals surface area contributed by atoms with Crippen LogP contribution in [0.5, 0.6) is 0 Å². The van der Waals surface area contributed by atoms with Crippen molar-refractivity contribution < 1.29 is 17.6 Å². The molecule has 0 aliphatic heterocycles. The summed E-state index contributed by atoms with van der Waals surface area (Å²) < 4.78 is 50.5. The van der Waals surface area contributed by atoms with Crippen molar-refractivity contribution in [2.75, 3.05) is 5.32 Å². The van der Waals surface area contributed by atoms with Crippen LogP contribution in [0.3, 0.4) is 0 Å². The van der Waals surface area contributed by atoms with E-state index in [1.807, 2.05) is 0 Å². The van der Waals surface area contributed by atoms with Crippen molar-refractivity contribution in [1.82, 2.24) is 9.97 Å². The molecule has 0 atom stereocenters. The fraction of sp³-hybridized carbons (Fsp3) is 0.231. The van der Waals surface area contributed by atoms with Crippen molar-refractivity contribution >= 4 is 5.82 Å². The van der Waals surface area contributed by atoms with E-state index in [1.165, 1.54) is 19.1 Å². The average Bonchev–Trinajstić information content (AvgIpc) is 2.36. The summed E-state index contributed by atoms with van der Waals surface area (Å²) in [6.07, 6.45) is -4.51. The number of rotatable bonds is 3. The van der Waals surface area contributed by atoms with Crippen LogP contribution >= 0.6 is 0 Å². The maximum Gasteiger partial charge on any atom is 0.433 e. The van der Waals surface area contributed by atoms with E-state index >= 15 is 0 Å². The van der Waals surface area contributed by atoms with Gasteiger partial charge in [0.25, 0.3) is 0 Å². The molecule has 0 bridgehead atoms. The van der Waals surface area contributed by atoms with Gasteiger partial charge in [-0.05, 0) is 24.6 Å². The minimum atomic E-state index is -4.51. The normalized spacial score (nSPS) is 11.4. The van der Waals surface area contributed by atoms with Crippen LogP contribution in [0.15, 0.2) is 30.3 Å². The second-order valence-corrected chi connectivity index (χ2v) is 4.16. The van der Waals surface area contributed by atoms with Crippen molar-refractivity contribution in [3.8, 4) is 0 Å². The van der Waals surface area contributed by atoms with Crippen LogP contribution in [0.4, 0.5) is 23.4 Å². The smallest absolute Gasteiger partial charge is 0.366 e. The lowest BCUT2D eigenvalue weighted by molar-refractivity contribution is -0.141. The number of aryl methyl sites for hydroxylation is 1. The largest absolute Gasteiger partial charge is 0.433 e. The monoisotopic (exact) mass is 285 g/mol. The molecule has 7 heteroatoms. The van der Waals surface area contributed by atoms with E-state index in [0.717, 1.165) is 11.6 Å². The number of anilines is 1. The average molecular weight is 285 g/mol. The lowest BCUT2D eigenvalue weighted by atomic mass is 10.2. The van der Waals surface area contributed by atoms with Gasteiger partial charge in [-0.3, -0.25) is 0 Å². The fourth-order valence-electron chi connectivity index (χ4n) is 1.60. The molecule has 1 aromatic carbocycles. The molecule has 1 aromatic heterocycles. The molecule has 1 heterocycles. The van der Waals surface area contributed by atoms with Gasteiger partial charge in [0.05, 0.1) is 0 Å². The molecule has 0 aliphatic carbocycles. The molecular formula is C13H11F4N3. The number of hydrogen-bond acceptors (Lipinski definition) is 3. The van der Waals surface area contributed by atoms with E-state index in [-0.39, 0.29) is 24.0 Å². The zero-order valence-electron chi connectivity index (χ0n) is 10.5. The quantitative estimate of drug-likeness (QED) is 0.876. The van der Waals surface area contributed by atoms with Crippen LogP contribution in [0, 0.1) is 12.7 Å². The first kappa shape index (κ1) is 14.2. The van der Waals surface area contributed by atoms with Gasteiger partial charge in [-0.2, -0.15) is 13.2 Å². The highest BCUT2D eigenvalue weighted by Gasteiger charge is 2.33. The summed E-state index contributed by atoms with van der Waals surface area (Å²) in [5.41, 5.74) is -0.261. The first-order chi connectivity index (χ1) is 9.34. The van der Waals surface area contributed by atoms with Crippen LogP contribution in [0.2, 0.25) is 0 Å². The van der Waals surface area contributed by atoms with Crippen molar-refractivity contribution in [2.45, 2.75) is 19.6 Å². The summed E-state index contributed by atoms with van der Waals surface area (Å²) >= 11 is 0. The number of nitrogens with one attached hydrogen (secondary N) is 1. The molecule has 106 valence electrons. The highest BCUT2D eigenvalue weighted by atomic mass is 19.4. The zero-order valence-corrected chi connectivity index (χ0v) is 10.5. The molecule has 0 fully saturated rings. The van der Waals surface area contributed by atoms with Crippen molar-refractivity contribution in [1.29, 1.82) is 0 Å². The van der Waals surface area contributed by atoms with Crippen molar-refractivity contribution in [3.05, 3.63) is 53.2 Å². The van der Waals surface area contributed by atoms with Crippen molar-refractivity contribution in [2.24, 2.45) is 0 Å². The summed E-state index contributed by atoms with van der Waals surface area (Å²) in [4.78, 5) is 7.23. The third-order valence-corrected chi connectivity index (χ3v) is 2.52. The topological polar surface area (TPSA) is 37.8 Å². The Labute approximate surface area is 112 Å². The summed E-state index contributed by atoms with van der Waals surface area (Å²) in [5.74, 6) is -0.262. The Hall–Kier alpha value is -2.18. The molecule has 0 saturated carbocycles. The highest BCUT2D eigenvalue weighted by Crippen LogP contribution is 2.28. The molecule has 2 rings (SSSR count). The van der Waals surface area contributed by atoms with E-state index in [2.05, 4.69) is 15.3 Å². The van der Waals surface area contributed by atoms with Gasteiger partial charge in [0.1, 0.15) is 23.2 Å². The van der Waals surface area contributed by atoms with E-state index in [1.54, 1.807) is 12.1 Å². The summed E-state index contributed by atoms with van der Waals surface area (Å²) in [5, 5.41) is 2.76. The zero-order chi connectivity index (χ0) is 14.8. The van der Waals surface area contributed by atoms with Crippen LogP contribution in [-0.4, -0.2) is 9.97 Å². The minimum absolute atomic E-state index is 0.0291. The first-order valence-corrected chi connectivity index (χ1v) is 5.76. The number of hydrogen-bond donors (Lipinski definition) is 1. The standard InChI is InChI=1S/C13H11F4N3/c1-8-19-11(13(15,16)17)6-12(20-8)18-7-9-2-4-10(14)5-3-9/h2-6H,7H2,1H3,(H,18,19,20). The summed E-state index contributed by atoms with van der Waals surface area (Å²) in [6, 6.07) is 6.49. The second kappa shape index (κ2) is 5.44. The number of alkyl halides is 3. The van der Waals surface area contributed by atoms with Gasteiger partial charge < -0.3 is 5.32 Å². The van der Waals surface area contributed by atoms with E-state index < -0.39 is 11.9 Å². The molecule has 0 spiro atoms. The van der Waals surface area contributed by atoms with E-state index in [9.17, 15) is 17.6 Å². The molecule has 0 aliphatic rings. The van der Waals surface area contributed by atoms with Gasteiger partial charge in [0, 0.05) is 12.6 Å². The van der Waals surface area contributed by atoms with Crippen LogP contribution in [0.25, 0.3) is 0 Å². The Balaban J connectivity index is 2.13. The summed E-state index contributed by atoms with van der Waals surface area (Å²) in [6.45, 7) is 1.63. The van der Waals surface area contributed by atoms with Crippen LogP contribution in [0.1, 0.15) is 17.1 Å². The van der Waals surface area contributed by atoms with Gasteiger partial charge in [-0.25, -0.2) is 14.4 Å². The molecule has 0 unspecified atom stereocenters. The van der Waals surface area contributed by atoms with Gasteiger partial charge in [0.15, 0.2) is 0 Å². The maximum absolute atomic E-state index is 12.7. The number of aromatic nitrogens is 2. The maximum atomic E-state index is 12.7. The van der Waals surface area contributed by atoms with Crippen LogP contribution in [-0.2, 0) is 12.7 Å². The molecule has 0 saturated heterocycles. The number of benzene rings is 1. The molecule has 1 N–H and O–H groups in total. The third kappa shape index (κ3) is 3.66. The van der Waals surface area contributed by atoms with Crippen LogP contribution < -0.4 is 5.32 Å². The Morgan fingerprint density at radius 3 is 2.35 bits per heavy atom. The van der Waals surface area contributed by atoms with Crippen molar-refractivity contribution in [3.63, 3.8) is 0 Å². The Kier molecular flexibility index (Phi) is 3.87. The summed E-state index contributed by atoms with van der Waals surface area (Å²) in [7, 11) is 0. The van der Waals surface area contributed by atoms with Gasteiger partial charge in [-0.1, -0.05) is 12.1 Å². The van der Waals surface area contributed by atoms with E-state index in [4.69, 9.17) is 0 Å². The van der Waals surface area contributed by atoms with E-state index in [0.29, 0.717) is 0 Å². The fourth-order valence-corrected chi connectivity index (χ4v) is 1.60.